The van der Waals surface area contributed by atoms with Crippen LogP contribution in [0, 0.1) is 0 Å². The summed E-state index contributed by atoms with van der Waals surface area (Å²) in [4.78, 5) is 24.4. The number of carbonyl (C=O) groups is 2. The largest absolute Gasteiger partial charge is 0.494 e. The van der Waals surface area contributed by atoms with Crippen LogP contribution in [0.5, 0.6) is 11.5 Å². The van der Waals surface area contributed by atoms with Crippen LogP contribution in [0.1, 0.15) is 31.1 Å². The number of ether oxygens (including phenoxy) is 3. The van der Waals surface area contributed by atoms with E-state index >= 15 is 0 Å². The number of anilines is 2. The van der Waals surface area contributed by atoms with Crippen molar-refractivity contribution in [3.05, 3.63) is 48.0 Å². The molecule has 0 heterocycles. The maximum Gasteiger partial charge on any atom is 0.412 e. The van der Waals surface area contributed by atoms with E-state index in [1.54, 1.807) is 57.2 Å². The lowest BCUT2D eigenvalue weighted by Crippen LogP contribution is -2.27. The zero-order valence-corrected chi connectivity index (χ0v) is 16.1. The van der Waals surface area contributed by atoms with Crippen LogP contribution < -0.4 is 20.1 Å². The lowest BCUT2D eigenvalue weighted by atomic mass is 10.2. The fourth-order valence-corrected chi connectivity index (χ4v) is 2.29. The first-order valence-corrected chi connectivity index (χ1v) is 8.36. The summed E-state index contributed by atoms with van der Waals surface area (Å²) in [5.74, 6) is 0.431. The minimum Gasteiger partial charge on any atom is -0.494 e. The van der Waals surface area contributed by atoms with Crippen molar-refractivity contribution in [2.24, 2.45) is 0 Å². The molecule has 0 saturated heterocycles. The van der Waals surface area contributed by atoms with Gasteiger partial charge in [-0.2, -0.15) is 0 Å². The molecule has 0 spiro atoms. The number of benzene rings is 2. The van der Waals surface area contributed by atoms with Gasteiger partial charge >= 0.3 is 6.09 Å². The minimum atomic E-state index is -0.634. The number of hydrogen-bond acceptors (Lipinski definition) is 5. The Kier molecular flexibility index (Phi) is 6.28. The van der Waals surface area contributed by atoms with Crippen LogP contribution in [-0.4, -0.2) is 31.8 Å². The van der Waals surface area contributed by atoms with Crippen LogP contribution >= 0.6 is 0 Å². The van der Waals surface area contributed by atoms with Crippen LogP contribution in [0.4, 0.5) is 16.2 Å². The molecule has 2 N–H and O–H groups in total. The second-order valence-corrected chi connectivity index (χ2v) is 6.70. The summed E-state index contributed by atoms with van der Waals surface area (Å²) >= 11 is 0. The third-order valence-corrected chi connectivity index (χ3v) is 3.44. The summed E-state index contributed by atoms with van der Waals surface area (Å²) in [5.41, 5.74) is 0.652. The molecule has 7 nitrogen and oxygen atoms in total. The van der Waals surface area contributed by atoms with Gasteiger partial charge in [-0.05, 0) is 32.9 Å². The third-order valence-electron chi connectivity index (χ3n) is 3.44. The fraction of sp³-hybridized carbons (Fsp3) is 0.300. The molecule has 0 bridgehead atoms. The van der Waals surface area contributed by atoms with Gasteiger partial charge < -0.3 is 19.5 Å². The van der Waals surface area contributed by atoms with Gasteiger partial charge in [0, 0.05) is 17.7 Å². The van der Waals surface area contributed by atoms with Gasteiger partial charge in [-0.25, -0.2) is 4.79 Å². The molecule has 0 aromatic heterocycles. The predicted octanol–water partition coefficient (Wildman–Crippen LogP) is 4.30. The van der Waals surface area contributed by atoms with Crippen LogP contribution in [0.3, 0.4) is 0 Å². The molecule has 7 heteroatoms. The Labute approximate surface area is 158 Å². The molecule has 2 aromatic rings. The van der Waals surface area contributed by atoms with Gasteiger partial charge in [0.15, 0.2) is 0 Å². The van der Waals surface area contributed by atoms with Crippen LogP contribution in [0.25, 0.3) is 0 Å². The van der Waals surface area contributed by atoms with Crippen molar-refractivity contribution in [2.75, 3.05) is 24.9 Å². The number of nitrogens with one attached hydrogen (secondary N) is 2. The number of methoxy groups -OCH3 is 2. The summed E-state index contributed by atoms with van der Waals surface area (Å²) < 4.78 is 15.9. The summed E-state index contributed by atoms with van der Waals surface area (Å²) in [6.07, 6.45) is -0.621. The van der Waals surface area contributed by atoms with Gasteiger partial charge in [-0.3, -0.25) is 10.1 Å². The lowest BCUT2D eigenvalue weighted by Gasteiger charge is -2.21. The van der Waals surface area contributed by atoms with E-state index in [2.05, 4.69) is 10.6 Å². The van der Waals surface area contributed by atoms with E-state index in [4.69, 9.17) is 14.2 Å². The Morgan fingerprint density at radius 3 is 1.85 bits per heavy atom. The van der Waals surface area contributed by atoms with Crippen molar-refractivity contribution in [3.63, 3.8) is 0 Å². The van der Waals surface area contributed by atoms with Crippen molar-refractivity contribution < 1.29 is 23.8 Å². The van der Waals surface area contributed by atoms with Gasteiger partial charge in [0.1, 0.15) is 17.1 Å². The first kappa shape index (κ1) is 20.1. The first-order chi connectivity index (χ1) is 12.7. The average Bonchev–Trinajstić information content (AvgIpc) is 2.61. The van der Waals surface area contributed by atoms with E-state index in [-0.39, 0.29) is 5.91 Å². The Hall–Kier alpha value is -3.22. The zero-order valence-electron chi connectivity index (χ0n) is 16.1. The third kappa shape index (κ3) is 5.64. The van der Waals surface area contributed by atoms with Gasteiger partial charge in [0.25, 0.3) is 5.91 Å². The Morgan fingerprint density at radius 2 is 1.37 bits per heavy atom. The summed E-state index contributed by atoms with van der Waals surface area (Å²) in [6.45, 7) is 5.31. The summed E-state index contributed by atoms with van der Waals surface area (Å²) in [5, 5.41) is 5.41. The topological polar surface area (TPSA) is 85.9 Å². The van der Waals surface area contributed by atoms with E-state index in [9.17, 15) is 9.59 Å². The first-order valence-electron chi connectivity index (χ1n) is 8.36. The highest BCUT2D eigenvalue weighted by atomic mass is 16.6. The average molecular weight is 372 g/mol. The highest BCUT2D eigenvalue weighted by molar-refractivity contribution is 6.05. The molecule has 27 heavy (non-hydrogen) atoms. The Bertz CT molecular complexity index is 813. The number of amides is 2. The molecular formula is C20H24N2O5. The SMILES string of the molecule is COc1cc(NC(=O)c2ccccc2)c(OC)cc1NC(=O)OC(C)(C)C. The van der Waals surface area contributed by atoms with Crippen molar-refractivity contribution >= 4 is 23.4 Å². The molecule has 0 saturated carbocycles. The Morgan fingerprint density at radius 1 is 0.852 bits per heavy atom. The summed E-state index contributed by atoms with van der Waals surface area (Å²) in [6, 6.07) is 11.9. The number of rotatable bonds is 5. The van der Waals surface area contributed by atoms with Gasteiger partial charge in [0.05, 0.1) is 25.6 Å². The molecule has 0 atom stereocenters. The molecule has 144 valence electrons. The normalized spacial score (nSPS) is 10.7. The fourth-order valence-electron chi connectivity index (χ4n) is 2.29. The molecule has 2 rings (SSSR count). The highest BCUT2D eigenvalue weighted by Crippen LogP contribution is 2.36. The predicted molar refractivity (Wildman–Crippen MR) is 104 cm³/mol. The highest BCUT2D eigenvalue weighted by Gasteiger charge is 2.20. The second kappa shape index (κ2) is 8.44. The smallest absolute Gasteiger partial charge is 0.412 e. The van der Waals surface area contributed by atoms with Gasteiger partial charge in [-0.1, -0.05) is 18.2 Å². The molecular weight excluding hydrogens is 348 g/mol. The van der Waals surface area contributed by atoms with Crippen molar-refractivity contribution in [1.29, 1.82) is 0 Å². The monoisotopic (exact) mass is 372 g/mol. The molecule has 2 aromatic carbocycles. The molecule has 0 unspecified atom stereocenters. The Balaban J connectivity index is 2.27. The van der Waals surface area contributed by atoms with Gasteiger partial charge in [-0.15, -0.1) is 0 Å². The lowest BCUT2D eigenvalue weighted by molar-refractivity contribution is 0.0635. The molecule has 2 amide bonds. The molecule has 0 radical (unpaired) electrons. The number of hydrogen-bond donors (Lipinski definition) is 2. The zero-order chi connectivity index (χ0) is 20.0. The maximum absolute atomic E-state index is 12.4. The van der Waals surface area contributed by atoms with Crippen LogP contribution in [0.2, 0.25) is 0 Å². The van der Waals surface area contributed by atoms with E-state index in [1.165, 1.54) is 14.2 Å². The molecule has 0 aliphatic rings. The van der Waals surface area contributed by atoms with Crippen molar-refractivity contribution in [3.8, 4) is 11.5 Å². The molecule has 0 aliphatic heterocycles. The standard InChI is InChI=1S/C20H24N2O5/c1-20(2,3)27-19(24)22-15-12-16(25-4)14(11-17(15)26-5)21-18(23)13-9-7-6-8-10-13/h6-12H,1-5H3,(H,21,23)(H,22,24). The van der Waals surface area contributed by atoms with Crippen molar-refractivity contribution in [2.45, 2.75) is 26.4 Å². The van der Waals surface area contributed by atoms with Crippen molar-refractivity contribution in [1.82, 2.24) is 0 Å². The molecule has 0 fully saturated rings. The van der Waals surface area contributed by atoms with Crippen LogP contribution in [0.15, 0.2) is 42.5 Å². The van der Waals surface area contributed by atoms with E-state index in [0.29, 0.717) is 28.4 Å². The van der Waals surface area contributed by atoms with E-state index < -0.39 is 11.7 Å². The minimum absolute atomic E-state index is 0.288. The second-order valence-electron chi connectivity index (χ2n) is 6.70. The summed E-state index contributed by atoms with van der Waals surface area (Å²) in [7, 11) is 2.93. The van der Waals surface area contributed by atoms with Gasteiger partial charge in [0.2, 0.25) is 0 Å². The quantitative estimate of drug-likeness (QED) is 0.817. The maximum atomic E-state index is 12.4. The number of carbonyl (C=O) groups excluding carboxylic acids is 2. The molecule has 0 aliphatic carbocycles. The van der Waals surface area contributed by atoms with Crippen LogP contribution in [-0.2, 0) is 4.74 Å². The van der Waals surface area contributed by atoms with E-state index in [0.717, 1.165) is 0 Å². The van der Waals surface area contributed by atoms with E-state index in [1.807, 2.05) is 6.07 Å².